The topological polar surface area (TPSA) is 59.1 Å². The molecule has 1 aromatic carbocycles. The van der Waals surface area contributed by atoms with Crippen LogP contribution in [-0.2, 0) is 10.0 Å². The molecule has 122 valence electrons. The second-order valence-electron chi connectivity index (χ2n) is 5.86. The van der Waals surface area contributed by atoms with Gasteiger partial charge >= 0.3 is 0 Å². The predicted molar refractivity (Wildman–Crippen MR) is 82.9 cm³/mol. The molecule has 2 heterocycles. The van der Waals surface area contributed by atoms with E-state index in [1.165, 1.54) is 4.31 Å². The Balaban J connectivity index is 1.83. The number of nitrogens with zero attached hydrogens (tertiary/aromatic N) is 2. The maximum absolute atomic E-state index is 12.8. The van der Waals surface area contributed by atoms with E-state index in [0.717, 1.165) is 25.9 Å². The summed E-state index contributed by atoms with van der Waals surface area (Å²) < 4.78 is 38.1. The minimum Gasteiger partial charge on any atom is -0.486 e. The van der Waals surface area contributed by atoms with E-state index < -0.39 is 10.0 Å². The van der Waals surface area contributed by atoms with E-state index in [1.54, 1.807) is 25.2 Å². The van der Waals surface area contributed by atoms with Gasteiger partial charge in [0.05, 0.1) is 4.90 Å². The Morgan fingerprint density at radius 2 is 1.77 bits per heavy atom. The fraction of sp³-hybridized carbons (Fsp3) is 0.600. The van der Waals surface area contributed by atoms with Crippen LogP contribution in [0, 0.1) is 0 Å². The number of likely N-dealkylation sites (tertiary alicyclic amines) is 1. The lowest BCUT2D eigenvalue weighted by Gasteiger charge is -2.34. The summed E-state index contributed by atoms with van der Waals surface area (Å²) in [5, 5.41) is 0. The number of benzene rings is 1. The summed E-state index contributed by atoms with van der Waals surface area (Å²) >= 11 is 0. The van der Waals surface area contributed by atoms with Gasteiger partial charge in [-0.1, -0.05) is 0 Å². The Labute approximate surface area is 131 Å². The van der Waals surface area contributed by atoms with Crippen molar-refractivity contribution in [2.75, 3.05) is 40.4 Å². The largest absolute Gasteiger partial charge is 0.486 e. The molecular weight excluding hydrogens is 304 g/mol. The third-order valence-electron chi connectivity index (χ3n) is 4.39. The third kappa shape index (κ3) is 2.93. The number of fused-ring (bicyclic) bond motifs is 1. The lowest BCUT2D eigenvalue weighted by atomic mass is 10.1. The van der Waals surface area contributed by atoms with E-state index in [9.17, 15) is 8.42 Å². The van der Waals surface area contributed by atoms with Gasteiger partial charge in [-0.3, -0.25) is 0 Å². The first-order valence-corrected chi connectivity index (χ1v) is 8.99. The van der Waals surface area contributed by atoms with Gasteiger partial charge in [0.15, 0.2) is 11.5 Å². The molecule has 22 heavy (non-hydrogen) atoms. The molecule has 0 radical (unpaired) electrons. The molecule has 3 rings (SSSR count). The van der Waals surface area contributed by atoms with Gasteiger partial charge in [0.25, 0.3) is 0 Å². The summed E-state index contributed by atoms with van der Waals surface area (Å²) in [5.74, 6) is 1.11. The first kappa shape index (κ1) is 15.6. The van der Waals surface area contributed by atoms with Crippen molar-refractivity contribution in [1.29, 1.82) is 0 Å². The Morgan fingerprint density at radius 3 is 2.45 bits per heavy atom. The Hall–Kier alpha value is -1.31. The fourth-order valence-corrected chi connectivity index (χ4v) is 4.34. The molecule has 7 heteroatoms. The predicted octanol–water partition coefficient (Wildman–Crippen LogP) is 1.17. The first-order valence-electron chi connectivity index (χ1n) is 7.55. The molecule has 0 amide bonds. The monoisotopic (exact) mass is 326 g/mol. The minimum absolute atomic E-state index is 0.0504. The van der Waals surface area contributed by atoms with Crippen LogP contribution in [0.5, 0.6) is 11.5 Å². The average molecular weight is 326 g/mol. The van der Waals surface area contributed by atoms with Crippen LogP contribution in [0.15, 0.2) is 23.1 Å². The Kier molecular flexibility index (Phi) is 4.29. The molecule has 0 spiro atoms. The number of ether oxygens (including phenoxy) is 2. The summed E-state index contributed by atoms with van der Waals surface area (Å²) in [7, 11) is 0.220. The standard InChI is InChI=1S/C15H22N2O4S/c1-16-7-5-12(6-8-16)17(2)22(18,19)13-3-4-14-15(11-13)21-10-9-20-14/h3-4,11-12H,5-10H2,1-2H3. The first-order chi connectivity index (χ1) is 10.5. The molecule has 0 N–H and O–H groups in total. The number of sulfonamides is 1. The van der Waals surface area contributed by atoms with Gasteiger partial charge in [0.2, 0.25) is 10.0 Å². The quantitative estimate of drug-likeness (QED) is 0.834. The highest BCUT2D eigenvalue weighted by Gasteiger charge is 2.31. The van der Waals surface area contributed by atoms with E-state index in [-0.39, 0.29) is 10.9 Å². The third-order valence-corrected chi connectivity index (χ3v) is 6.30. The van der Waals surface area contributed by atoms with E-state index in [4.69, 9.17) is 9.47 Å². The van der Waals surface area contributed by atoms with Gasteiger partial charge in [0.1, 0.15) is 13.2 Å². The molecule has 0 unspecified atom stereocenters. The van der Waals surface area contributed by atoms with Gasteiger partial charge in [0, 0.05) is 19.2 Å². The van der Waals surface area contributed by atoms with Crippen LogP contribution < -0.4 is 9.47 Å². The SMILES string of the molecule is CN1CCC(N(C)S(=O)(=O)c2ccc3c(c2)OCCO3)CC1. The molecule has 2 aliphatic rings. The van der Waals surface area contributed by atoms with Gasteiger partial charge in [-0.15, -0.1) is 0 Å². The van der Waals surface area contributed by atoms with Crippen molar-refractivity contribution >= 4 is 10.0 Å². The van der Waals surface area contributed by atoms with Crippen molar-refractivity contribution in [1.82, 2.24) is 9.21 Å². The zero-order chi connectivity index (χ0) is 15.7. The van der Waals surface area contributed by atoms with Crippen molar-refractivity contribution in [3.63, 3.8) is 0 Å². The summed E-state index contributed by atoms with van der Waals surface area (Å²) in [6, 6.07) is 4.88. The molecule has 1 saturated heterocycles. The van der Waals surface area contributed by atoms with Crippen LogP contribution in [-0.4, -0.2) is 64.1 Å². The van der Waals surface area contributed by atoms with E-state index >= 15 is 0 Å². The molecule has 0 saturated carbocycles. The van der Waals surface area contributed by atoms with E-state index in [1.807, 2.05) is 0 Å². The zero-order valence-corrected chi connectivity index (χ0v) is 13.8. The van der Waals surface area contributed by atoms with Crippen molar-refractivity contribution in [3.05, 3.63) is 18.2 Å². The van der Waals surface area contributed by atoms with E-state index in [2.05, 4.69) is 11.9 Å². The van der Waals surface area contributed by atoms with Crippen LogP contribution in [0.4, 0.5) is 0 Å². The Morgan fingerprint density at radius 1 is 1.14 bits per heavy atom. The van der Waals surface area contributed by atoms with Crippen LogP contribution in [0.2, 0.25) is 0 Å². The van der Waals surface area contributed by atoms with Gasteiger partial charge in [-0.2, -0.15) is 4.31 Å². The maximum atomic E-state index is 12.8. The van der Waals surface area contributed by atoms with Crippen molar-refractivity contribution in [3.8, 4) is 11.5 Å². The minimum atomic E-state index is -3.51. The second kappa shape index (κ2) is 6.06. The van der Waals surface area contributed by atoms with E-state index in [0.29, 0.717) is 24.7 Å². The Bertz CT molecular complexity index is 639. The summed E-state index contributed by atoms with van der Waals surface area (Å²) in [4.78, 5) is 2.49. The smallest absolute Gasteiger partial charge is 0.243 e. The van der Waals surface area contributed by atoms with Crippen molar-refractivity contribution < 1.29 is 17.9 Å². The lowest BCUT2D eigenvalue weighted by Crippen LogP contribution is -2.44. The van der Waals surface area contributed by atoms with Crippen LogP contribution in [0.1, 0.15) is 12.8 Å². The number of rotatable bonds is 3. The highest BCUT2D eigenvalue weighted by molar-refractivity contribution is 7.89. The van der Waals surface area contributed by atoms with Crippen LogP contribution in [0.25, 0.3) is 0 Å². The summed E-state index contributed by atoms with van der Waals surface area (Å²) in [5.41, 5.74) is 0. The normalized spacial score (nSPS) is 20.3. The highest BCUT2D eigenvalue weighted by atomic mass is 32.2. The van der Waals surface area contributed by atoms with Crippen LogP contribution in [0.3, 0.4) is 0 Å². The molecular formula is C15H22N2O4S. The van der Waals surface area contributed by atoms with Crippen molar-refractivity contribution in [2.45, 2.75) is 23.8 Å². The summed E-state index contributed by atoms with van der Waals surface area (Å²) in [6.45, 7) is 2.78. The number of piperidine rings is 1. The van der Waals surface area contributed by atoms with Gasteiger partial charge in [-0.05, 0) is 45.1 Å². The molecule has 1 aromatic rings. The maximum Gasteiger partial charge on any atom is 0.243 e. The molecule has 0 aromatic heterocycles. The molecule has 0 atom stereocenters. The average Bonchev–Trinajstić information content (AvgIpc) is 2.54. The number of hydrogen-bond acceptors (Lipinski definition) is 5. The van der Waals surface area contributed by atoms with Crippen LogP contribution >= 0.6 is 0 Å². The molecule has 0 aliphatic carbocycles. The highest BCUT2D eigenvalue weighted by Crippen LogP contribution is 2.33. The fourth-order valence-electron chi connectivity index (χ4n) is 2.91. The molecule has 1 fully saturated rings. The second-order valence-corrected chi connectivity index (χ2v) is 7.86. The summed E-state index contributed by atoms with van der Waals surface area (Å²) in [6.07, 6.45) is 1.72. The zero-order valence-electron chi connectivity index (χ0n) is 13.0. The molecule has 0 bridgehead atoms. The lowest BCUT2D eigenvalue weighted by molar-refractivity contribution is 0.171. The van der Waals surface area contributed by atoms with Gasteiger partial charge in [-0.25, -0.2) is 8.42 Å². The molecule has 6 nitrogen and oxygen atoms in total. The molecule has 2 aliphatic heterocycles. The van der Waals surface area contributed by atoms with Gasteiger partial charge < -0.3 is 14.4 Å². The number of hydrogen-bond donors (Lipinski definition) is 0. The van der Waals surface area contributed by atoms with Crippen molar-refractivity contribution in [2.24, 2.45) is 0 Å².